The monoisotopic (exact) mass is 304 g/mol. The van der Waals surface area contributed by atoms with E-state index in [1.165, 1.54) is 11.3 Å². The number of aryl methyl sites for hydroxylation is 1. The van der Waals surface area contributed by atoms with Crippen LogP contribution in [0.5, 0.6) is 0 Å². The summed E-state index contributed by atoms with van der Waals surface area (Å²) in [4.78, 5) is 13.1. The molecule has 1 heterocycles. The number of nitrogens with two attached hydrogens (primary N) is 1. The number of anilines is 1. The lowest BCUT2D eigenvalue weighted by Crippen LogP contribution is -2.38. The van der Waals surface area contributed by atoms with Crippen molar-refractivity contribution in [1.29, 1.82) is 0 Å². The third kappa shape index (κ3) is 2.63. The van der Waals surface area contributed by atoms with E-state index < -0.39 is 0 Å². The highest BCUT2D eigenvalue weighted by Crippen LogP contribution is 2.34. The first-order valence-corrected chi connectivity index (χ1v) is 8.12. The summed E-state index contributed by atoms with van der Waals surface area (Å²) >= 11 is 1.43. The molecule has 1 fully saturated rings. The SMILES string of the molecule is Cc1ccc2sc(C(=O)NC3CCCC3CO)c(N)c2c1. The Labute approximate surface area is 128 Å². The van der Waals surface area contributed by atoms with Crippen molar-refractivity contribution < 1.29 is 9.90 Å². The Morgan fingerprint density at radius 1 is 1.48 bits per heavy atom. The van der Waals surface area contributed by atoms with Crippen LogP contribution < -0.4 is 11.1 Å². The Kier molecular flexibility index (Phi) is 3.87. The molecule has 1 aromatic heterocycles. The van der Waals surface area contributed by atoms with E-state index in [2.05, 4.69) is 5.32 Å². The number of carbonyl (C=O) groups is 1. The van der Waals surface area contributed by atoms with Gasteiger partial charge in [0.25, 0.3) is 5.91 Å². The zero-order valence-electron chi connectivity index (χ0n) is 12.1. The second-order valence-electron chi connectivity index (χ2n) is 5.80. The Bertz CT molecular complexity index is 680. The minimum absolute atomic E-state index is 0.0637. The van der Waals surface area contributed by atoms with E-state index in [1.807, 2.05) is 25.1 Å². The highest BCUT2D eigenvalue weighted by molar-refractivity contribution is 7.21. The molecule has 1 aromatic carbocycles. The van der Waals surface area contributed by atoms with Crippen LogP contribution in [0.2, 0.25) is 0 Å². The summed E-state index contributed by atoms with van der Waals surface area (Å²) in [5.41, 5.74) is 7.85. The second kappa shape index (κ2) is 5.66. The van der Waals surface area contributed by atoms with Gasteiger partial charge in [-0.25, -0.2) is 0 Å². The molecule has 1 saturated carbocycles. The normalized spacial score (nSPS) is 21.8. The van der Waals surface area contributed by atoms with E-state index in [0.29, 0.717) is 10.6 Å². The molecular weight excluding hydrogens is 284 g/mol. The summed E-state index contributed by atoms with van der Waals surface area (Å²) in [5.74, 6) is 0.0588. The Morgan fingerprint density at radius 3 is 3.05 bits per heavy atom. The average Bonchev–Trinajstić information content (AvgIpc) is 3.04. The highest BCUT2D eigenvalue weighted by Gasteiger charge is 2.29. The van der Waals surface area contributed by atoms with Gasteiger partial charge in [-0.1, -0.05) is 18.1 Å². The zero-order valence-corrected chi connectivity index (χ0v) is 12.9. The van der Waals surface area contributed by atoms with Gasteiger partial charge in [0.1, 0.15) is 4.88 Å². The molecular formula is C16H20N2O2S. The number of hydrogen-bond acceptors (Lipinski definition) is 4. The van der Waals surface area contributed by atoms with Crippen LogP contribution in [0.1, 0.15) is 34.5 Å². The van der Waals surface area contributed by atoms with Crippen LogP contribution in [0.25, 0.3) is 10.1 Å². The van der Waals surface area contributed by atoms with Crippen LogP contribution in [0.3, 0.4) is 0 Å². The smallest absolute Gasteiger partial charge is 0.263 e. The molecule has 4 nitrogen and oxygen atoms in total. The molecule has 0 bridgehead atoms. The molecule has 2 atom stereocenters. The van der Waals surface area contributed by atoms with Crippen molar-refractivity contribution in [3.8, 4) is 0 Å². The van der Waals surface area contributed by atoms with Gasteiger partial charge in [-0.3, -0.25) is 4.79 Å². The number of nitrogens with one attached hydrogen (secondary N) is 1. The van der Waals surface area contributed by atoms with Crippen LogP contribution in [0.15, 0.2) is 18.2 Å². The molecule has 1 aliphatic carbocycles. The fourth-order valence-electron chi connectivity index (χ4n) is 3.08. The van der Waals surface area contributed by atoms with E-state index >= 15 is 0 Å². The minimum Gasteiger partial charge on any atom is -0.397 e. The molecule has 0 radical (unpaired) electrons. The lowest BCUT2D eigenvalue weighted by atomic mass is 10.1. The van der Waals surface area contributed by atoms with Crippen molar-refractivity contribution in [3.05, 3.63) is 28.6 Å². The van der Waals surface area contributed by atoms with Crippen molar-refractivity contribution in [2.45, 2.75) is 32.2 Å². The van der Waals surface area contributed by atoms with E-state index in [1.54, 1.807) is 0 Å². The average molecular weight is 304 g/mol. The maximum absolute atomic E-state index is 12.5. The number of aliphatic hydroxyl groups excluding tert-OH is 1. The first-order chi connectivity index (χ1) is 10.1. The Hall–Kier alpha value is -1.59. The molecule has 21 heavy (non-hydrogen) atoms. The van der Waals surface area contributed by atoms with Gasteiger partial charge in [-0.15, -0.1) is 11.3 Å². The van der Waals surface area contributed by atoms with Crippen molar-refractivity contribution in [1.82, 2.24) is 5.32 Å². The predicted octanol–water partition coefficient (Wildman–Crippen LogP) is 2.68. The molecule has 0 spiro atoms. The predicted molar refractivity (Wildman–Crippen MR) is 86.7 cm³/mol. The van der Waals surface area contributed by atoms with E-state index in [4.69, 9.17) is 5.73 Å². The van der Waals surface area contributed by atoms with Crippen LogP contribution in [0.4, 0.5) is 5.69 Å². The van der Waals surface area contributed by atoms with Gasteiger partial charge in [0.05, 0.1) is 5.69 Å². The van der Waals surface area contributed by atoms with Crippen LogP contribution >= 0.6 is 11.3 Å². The van der Waals surface area contributed by atoms with Gasteiger partial charge in [-0.05, 0) is 31.9 Å². The molecule has 3 rings (SSSR count). The second-order valence-corrected chi connectivity index (χ2v) is 6.85. The van der Waals surface area contributed by atoms with Gasteiger partial charge < -0.3 is 16.2 Å². The van der Waals surface area contributed by atoms with Crippen molar-refractivity contribution in [2.24, 2.45) is 5.92 Å². The summed E-state index contributed by atoms with van der Waals surface area (Å²) in [6.07, 6.45) is 2.96. The van der Waals surface area contributed by atoms with E-state index in [-0.39, 0.29) is 24.5 Å². The summed E-state index contributed by atoms with van der Waals surface area (Å²) in [5, 5.41) is 13.3. The number of nitrogen functional groups attached to an aromatic ring is 1. The molecule has 0 saturated heterocycles. The van der Waals surface area contributed by atoms with Gasteiger partial charge in [-0.2, -0.15) is 0 Å². The molecule has 4 N–H and O–H groups in total. The number of carbonyl (C=O) groups excluding carboxylic acids is 1. The number of thiophene rings is 1. The topological polar surface area (TPSA) is 75.3 Å². The molecule has 2 aromatic rings. The number of hydrogen-bond donors (Lipinski definition) is 3. The number of aliphatic hydroxyl groups is 1. The van der Waals surface area contributed by atoms with E-state index in [0.717, 1.165) is 34.9 Å². The van der Waals surface area contributed by atoms with Gasteiger partial charge >= 0.3 is 0 Å². The number of amides is 1. The fourth-order valence-corrected chi connectivity index (χ4v) is 4.08. The molecule has 112 valence electrons. The minimum atomic E-state index is -0.114. The quantitative estimate of drug-likeness (QED) is 0.816. The standard InChI is InChI=1S/C16H20N2O2S/c1-9-5-6-13-11(7-9)14(17)15(21-13)16(20)18-12-4-2-3-10(12)8-19/h5-7,10,12,19H,2-4,8,17H2,1H3,(H,18,20). The van der Waals surface area contributed by atoms with Crippen molar-refractivity contribution in [3.63, 3.8) is 0 Å². The van der Waals surface area contributed by atoms with Crippen LogP contribution in [-0.2, 0) is 0 Å². The van der Waals surface area contributed by atoms with Crippen LogP contribution in [0, 0.1) is 12.8 Å². The molecule has 2 unspecified atom stereocenters. The first kappa shape index (κ1) is 14.4. The largest absolute Gasteiger partial charge is 0.397 e. The third-order valence-electron chi connectivity index (χ3n) is 4.30. The van der Waals surface area contributed by atoms with Gasteiger partial charge in [0, 0.05) is 28.7 Å². The Balaban J connectivity index is 1.86. The number of benzene rings is 1. The molecule has 1 amide bonds. The zero-order chi connectivity index (χ0) is 15.0. The number of fused-ring (bicyclic) bond motifs is 1. The molecule has 0 aliphatic heterocycles. The maximum Gasteiger partial charge on any atom is 0.263 e. The van der Waals surface area contributed by atoms with Gasteiger partial charge in [0.15, 0.2) is 0 Å². The summed E-state index contributed by atoms with van der Waals surface area (Å²) in [6.45, 7) is 2.15. The third-order valence-corrected chi connectivity index (χ3v) is 5.48. The fraction of sp³-hybridized carbons (Fsp3) is 0.438. The lowest BCUT2D eigenvalue weighted by molar-refractivity contribution is 0.0921. The van der Waals surface area contributed by atoms with Gasteiger partial charge in [0.2, 0.25) is 0 Å². The highest BCUT2D eigenvalue weighted by atomic mass is 32.1. The van der Waals surface area contributed by atoms with Crippen LogP contribution in [-0.4, -0.2) is 23.7 Å². The number of rotatable bonds is 3. The molecule has 5 heteroatoms. The summed E-state index contributed by atoms with van der Waals surface area (Å²) in [6, 6.07) is 6.12. The van der Waals surface area contributed by atoms with Crippen molar-refractivity contribution >= 4 is 33.0 Å². The lowest BCUT2D eigenvalue weighted by Gasteiger charge is -2.18. The first-order valence-electron chi connectivity index (χ1n) is 7.30. The molecule has 1 aliphatic rings. The van der Waals surface area contributed by atoms with E-state index in [9.17, 15) is 9.90 Å². The summed E-state index contributed by atoms with van der Waals surface area (Å²) < 4.78 is 1.04. The maximum atomic E-state index is 12.5. The van der Waals surface area contributed by atoms with Crippen molar-refractivity contribution in [2.75, 3.05) is 12.3 Å². The Morgan fingerprint density at radius 2 is 2.29 bits per heavy atom. The summed E-state index contributed by atoms with van der Waals surface area (Å²) in [7, 11) is 0.